The Labute approximate surface area is 149 Å². The molecular weight excluding hydrogens is 355 g/mol. The van der Waals surface area contributed by atoms with Gasteiger partial charge in [-0.1, -0.05) is 23.2 Å². The third-order valence-corrected chi connectivity index (χ3v) is 3.56. The van der Waals surface area contributed by atoms with Gasteiger partial charge in [0, 0.05) is 5.02 Å². The van der Waals surface area contributed by atoms with Crippen molar-refractivity contribution in [3.8, 4) is 5.75 Å². The number of hydrogen-bond donors (Lipinski definition) is 2. The molecule has 2 N–H and O–H groups in total. The molecule has 0 fully saturated rings. The molecule has 2 amide bonds. The fraction of sp³-hybridized carbons (Fsp3) is 0.250. The van der Waals surface area contributed by atoms with Gasteiger partial charge < -0.3 is 19.8 Å². The third kappa shape index (κ3) is 5.47. The minimum atomic E-state index is -0.818. The van der Waals surface area contributed by atoms with Crippen LogP contribution in [0.1, 0.15) is 12.7 Å². The number of rotatable bonds is 7. The lowest BCUT2D eigenvalue weighted by molar-refractivity contribution is -0.130. The van der Waals surface area contributed by atoms with Crippen LogP contribution < -0.4 is 15.4 Å². The van der Waals surface area contributed by atoms with Gasteiger partial charge in [-0.25, -0.2) is 0 Å². The Morgan fingerprint density at radius 2 is 2.04 bits per heavy atom. The number of benzene rings is 1. The fourth-order valence-electron chi connectivity index (χ4n) is 1.79. The van der Waals surface area contributed by atoms with Crippen molar-refractivity contribution in [2.75, 3.05) is 6.54 Å². The highest BCUT2D eigenvalue weighted by Gasteiger charge is 2.17. The Bertz CT molecular complexity index is 704. The Hall–Kier alpha value is -2.18. The number of amides is 2. The van der Waals surface area contributed by atoms with Crippen LogP contribution in [0, 0.1) is 0 Å². The van der Waals surface area contributed by atoms with Gasteiger partial charge >= 0.3 is 0 Å². The minimum Gasteiger partial charge on any atom is -0.479 e. The van der Waals surface area contributed by atoms with E-state index in [2.05, 4.69) is 10.6 Å². The molecule has 1 heterocycles. The summed E-state index contributed by atoms with van der Waals surface area (Å²) < 4.78 is 10.6. The van der Waals surface area contributed by atoms with Gasteiger partial charge in [0.1, 0.15) is 11.5 Å². The molecule has 2 aromatic rings. The summed E-state index contributed by atoms with van der Waals surface area (Å²) in [4.78, 5) is 23.6. The first kappa shape index (κ1) is 18.2. The van der Waals surface area contributed by atoms with E-state index >= 15 is 0 Å². The predicted molar refractivity (Wildman–Crippen MR) is 90.1 cm³/mol. The predicted octanol–water partition coefficient (Wildman–Crippen LogP) is 2.79. The molecule has 24 heavy (non-hydrogen) atoms. The Morgan fingerprint density at radius 3 is 2.71 bits per heavy atom. The second-order valence-electron chi connectivity index (χ2n) is 4.91. The van der Waals surface area contributed by atoms with E-state index in [1.807, 2.05) is 0 Å². The average molecular weight is 371 g/mol. The normalized spacial score (nSPS) is 11.6. The summed E-state index contributed by atoms with van der Waals surface area (Å²) in [5, 5.41) is 5.88. The zero-order valence-electron chi connectivity index (χ0n) is 12.8. The summed E-state index contributed by atoms with van der Waals surface area (Å²) in [5.41, 5.74) is 0. The molecule has 2 rings (SSSR count). The van der Waals surface area contributed by atoms with Crippen LogP contribution in [0.2, 0.25) is 10.0 Å². The maximum atomic E-state index is 12.0. The van der Waals surface area contributed by atoms with Gasteiger partial charge in [-0.15, -0.1) is 0 Å². The average Bonchev–Trinajstić information content (AvgIpc) is 3.06. The Balaban J connectivity index is 1.75. The molecule has 0 saturated heterocycles. The van der Waals surface area contributed by atoms with Crippen molar-refractivity contribution in [3.63, 3.8) is 0 Å². The molecule has 128 valence electrons. The number of halogens is 2. The lowest BCUT2D eigenvalue weighted by Gasteiger charge is -2.15. The van der Waals surface area contributed by atoms with Crippen LogP contribution in [-0.2, 0) is 16.1 Å². The molecule has 8 heteroatoms. The second-order valence-corrected chi connectivity index (χ2v) is 5.75. The summed E-state index contributed by atoms with van der Waals surface area (Å²) in [7, 11) is 0. The number of nitrogens with one attached hydrogen (secondary N) is 2. The minimum absolute atomic E-state index is 0.165. The highest BCUT2D eigenvalue weighted by atomic mass is 35.5. The molecule has 6 nitrogen and oxygen atoms in total. The fourth-order valence-corrected chi connectivity index (χ4v) is 2.24. The zero-order valence-corrected chi connectivity index (χ0v) is 14.4. The summed E-state index contributed by atoms with van der Waals surface area (Å²) >= 11 is 11.8. The molecule has 0 aliphatic carbocycles. The van der Waals surface area contributed by atoms with Gasteiger partial charge in [-0.3, -0.25) is 9.59 Å². The van der Waals surface area contributed by atoms with Crippen molar-refractivity contribution in [1.29, 1.82) is 0 Å². The summed E-state index contributed by atoms with van der Waals surface area (Å²) in [6.45, 7) is 1.65. The van der Waals surface area contributed by atoms with Crippen LogP contribution in [0.25, 0.3) is 0 Å². The standard InChI is InChI=1S/C16H16Cl2N2O4/c1-10(24-14-5-4-11(17)7-13(14)18)16(22)20-9-15(21)19-8-12-3-2-6-23-12/h2-7,10H,8-9H2,1H3,(H,19,21)(H,20,22)/t10-/m1/s1. The summed E-state index contributed by atoms with van der Waals surface area (Å²) in [5.74, 6) is 0.195. The van der Waals surface area contributed by atoms with Crippen LogP contribution in [0.4, 0.5) is 0 Å². The topological polar surface area (TPSA) is 80.6 Å². The zero-order chi connectivity index (χ0) is 17.5. The molecule has 0 unspecified atom stereocenters. The molecule has 1 atom stereocenters. The maximum absolute atomic E-state index is 12.0. The van der Waals surface area contributed by atoms with Crippen molar-refractivity contribution in [2.24, 2.45) is 0 Å². The van der Waals surface area contributed by atoms with Crippen molar-refractivity contribution in [2.45, 2.75) is 19.6 Å². The molecule has 0 radical (unpaired) electrons. The van der Waals surface area contributed by atoms with Crippen molar-refractivity contribution in [1.82, 2.24) is 10.6 Å². The first-order chi connectivity index (χ1) is 11.5. The third-order valence-electron chi connectivity index (χ3n) is 3.03. The molecule has 0 aliphatic heterocycles. The Morgan fingerprint density at radius 1 is 1.25 bits per heavy atom. The van der Waals surface area contributed by atoms with Crippen LogP contribution in [-0.4, -0.2) is 24.5 Å². The highest BCUT2D eigenvalue weighted by Crippen LogP contribution is 2.28. The van der Waals surface area contributed by atoms with Crippen molar-refractivity contribution >= 4 is 35.0 Å². The van der Waals surface area contributed by atoms with Gasteiger partial charge in [0.25, 0.3) is 5.91 Å². The lowest BCUT2D eigenvalue weighted by Crippen LogP contribution is -2.42. The van der Waals surface area contributed by atoms with Gasteiger partial charge in [0.15, 0.2) is 6.10 Å². The van der Waals surface area contributed by atoms with Crippen LogP contribution in [0.5, 0.6) is 5.75 Å². The number of hydrogen-bond acceptors (Lipinski definition) is 4. The van der Waals surface area contributed by atoms with E-state index in [0.29, 0.717) is 21.6 Å². The van der Waals surface area contributed by atoms with E-state index in [1.165, 1.54) is 12.3 Å². The van der Waals surface area contributed by atoms with Crippen molar-refractivity contribution < 1.29 is 18.7 Å². The van der Waals surface area contributed by atoms with Crippen LogP contribution in [0.15, 0.2) is 41.0 Å². The van der Waals surface area contributed by atoms with E-state index in [0.717, 1.165) is 0 Å². The largest absolute Gasteiger partial charge is 0.479 e. The van der Waals surface area contributed by atoms with Crippen molar-refractivity contribution in [3.05, 3.63) is 52.4 Å². The van der Waals surface area contributed by atoms with Gasteiger partial charge in [0.05, 0.1) is 24.4 Å². The monoisotopic (exact) mass is 370 g/mol. The smallest absolute Gasteiger partial charge is 0.261 e. The number of carbonyl (C=O) groups excluding carboxylic acids is 2. The summed E-state index contributed by atoms with van der Waals surface area (Å²) in [6, 6.07) is 8.17. The molecule has 0 saturated carbocycles. The first-order valence-corrected chi connectivity index (χ1v) is 7.90. The van der Waals surface area contributed by atoms with Crippen LogP contribution >= 0.6 is 23.2 Å². The van der Waals surface area contributed by atoms with Gasteiger partial charge in [-0.05, 0) is 37.3 Å². The van der Waals surface area contributed by atoms with Gasteiger partial charge in [-0.2, -0.15) is 0 Å². The highest BCUT2D eigenvalue weighted by molar-refractivity contribution is 6.35. The van der Waals surface area contributed by atoms with Crippen LogP contribution in [0.3, 0.4) is 0 Å². The number of ether oxygens (including phenoxy) is 1. The number of carbonyl (C=O) groups is 2. The number of furan rings is 1. The second kappa shape index (κ2) is 8.61. The summed E-state index contributed by atoms with van der Waals surface area (Å²) in [6.07, 6.45) is 0.700. The molecule has 0 aliphatic rings. The maximum Gasteiger partial charge on any atom is 0.261 e. The molecule has 1 aromatic heterocycles. The van der Waals surface area contributed by atoms with E-state index in [9.17, 15) is 9.59 Å². The molecule has 1 aromatic carbocycles. The molecular formula is C16H16Cl2N2O4. The van der Waals surface area contributed by atoms with E-state index in [-0.39, 0.29) is 19.0 Å². The lowest BCUT2D eigenvalue weighted by atomic mass is 10.3. The molecule has 0 spiro atoms. The van der Waals surface area contributed by atoms with E-state index in [4.69, 9.17) is 32.4 Å². The SMILES string of the molecule is C[C@@H](Oc1ccc(Cl)cc1Cl)C(=O)NCC(=O)NCc1ccco1. The Kier molecular flexibility index (Phi) is 6.52. The van der Waals surface area contributed by atoms with E-state index in [1.54, 1.807) is 31.2 Å². The molecule has 0 bridgehead atoms. The first-order valence-electron chi connectivity index (χ1n) is 7.14. The quantitative estimate of drug-likeness (QED) is 0.784. The van der Waals surface area contributed by atoms with E-state index < -0.39 is 12.0 Å². The van der Waals surface area contributed by atoms with Gasteiger partial charge in [0.2, 0.25) is 5.91 Å².